The first-order chi connectivity index (χ1) is 6.74. The number of rotatable bonds is 2. The number of carbonyl (C=O) groups excluding carboxylic acids is 3. The zero-order valence-corrected chi connectivity index (χ0v) is 8.79. The van der Waals surface area contributed by atoms with E-state index in [1.54, 1.807) is 20.8 Å². The summed E-state index contributed by atoms with van der Waals surface area (Å²) in [5, 5.41) is 9.94. The number of nitrogens with zero attached hydrogens (tertiary/aromatic N) is 1. The zero-order chi connectivity index (χ0) is 12.1. The lowest BCUT2D eigenvalue weighted by Crippen LogP contribution is -2.37. The van der Waals surface area contributed by atoms with Gasteiger partial charge in [-0.3, -0.25) is 14.9 Å². The van der Waals surface area contributed by atoms with E-state index in [-0.39, 0.29) is 0 Å². The summed E-state index contributed by atoms with van der Waals surface area (Å²) in [6, 6.07) is 1.27. The van der Waals surface area contributed by atoms with Crippen LogP contribution in [-0.4, -0.2) is 23.4 Å². The van der Waals surface area contributed by atoms with Crippen LogP contribution in [0.3, 0.4) is 0 Å². The number of hydrogen-bond acceptors (Lipinski definition) is 5. The van der Waals surface area contributed by atoms with E-state index in [1.807, 2.05) is 5.32 Å². The molecular weight excluding hydrogens is 200 g/mol. The number of nitrogens with one attached hydrogen (secondary N) is 1. The molecule has 0 aromatic heterocycles. The van der Waals surface area contributed by atoms with Gasteiger partial charge in [-0.1, -0.05) is 0 Å². The first-order valence-corrected chi connectivity index (χ1v) is 4.20. The smallest absolute Gasteiger partial charge is 0.414 e. The highest BCUT2D eigenvalue weighted by Gasteiger charge is 2.19. The molecule has 1 N–H and O–H groups in total. The van der Waals surface area contributed by atoms with Gasteiger partial charge in [-0.25, -0.2) is 4.79 Å². The first-order valence-electron chi connectivity index (χ1n) is 4.20. The van der Waals surface area contributed by atoms with Gasteiger partial charge in [-0.05, 0) is 20.8 Å². The second kappa shape index (κ2) is 5.10. The normalized spacial score (nSPS) is 10.0. The standard InChI is InChI=1S/C9H12N2O4/c1-9(2,3)15-8(14)11-7(13)4-6(12)5-10/h4H2,1-3H3,(H,11,13,14). The summed E-state index contributed by atoms with van der Waals surface area (Å²) in [6.07, 6.45) is -1.58. The van der Waals surface area contributed by atoms with Crippen LogP contribution in [0.2, 0.25) is 0 Å². The van der Waals surface area contributed by atoms with E-state index in [0.717, 1.165) is 0 Å². The zero-order valence-electron chi connectivity index (χ0n) is 8.79. The van der Waals surface area contributed by atoms with Crippen LogP contribution in [0.4, 0.5) is 4.79 Å². The van der Waals surface area contributed by atoms with Crippen molar-refractivity contribution < 1.29 is 19.1 Å². The summed E-state index contributed by atoms with van der Waals surface area (Å²) in [5.74, 6) is -1.76. The van der Waals surface area contributed by atoms with Gasteiger partial charge in [0, 0.05) is 0 Å². The largest absolute Gasteiger partial charge is 0.444 e. The Morgan fingerprint density at radius 3 is 2.27 bits per heavy atom. The number of hydrogen-bond donors (Lipinski definition) is 1. The minimum absolute atomic E-state index is 0.643. The molecule has 6 heteroatoms. The van der Waals surface area contributed by atoms with Crippen molar-refractivity contribution in [3.8, 4) is 6.07 Å². The van der Waals surface area contributed by atoms with Crippen LogP contribution in [0.15, 0.2) is 0 Å². The van der Waals surface area contributed by atoms with Crippen molar-refractivity contribution in [2.24, 2.45) is 0 Å². The molecule has 82 valence electrons. The van der Waals surface area contributed by atoms with E-state index >= 15 is 0 Å². The number of amides is 2. The molecule has 0 atom stereocenters. The molecule has 0 heterocycles. The Kier molecular flexibility index (Phi) is 4.45. The molecular formula is C9H12N2O4. The topological polar surface area (TPSA) is 96.3 Å². The number of nitriles is 1. The Bertz CT molecular complexity index is 322. The molecule has 0 saturated heterocycles. The fourth-order valence-corrected chi connectivity index (χ4v) is 0.647. The summed E-state index contributed by atoms with van der Waals surface area (Å²) in [6.45, 7) is 4.91. The fourth-order valence-electron chi connectivity index (χ4n) is 0.647. The third-order valence-electron chi connectivity index (χ3n) is 1.09. The predicted octanol–water partition coefficient (Wildman–Crippen LogP) is 0.520. The molecule has 0 fully saturated rings. The van der Waals surface area contributed by atoms with Gasteiger partial charge in [0.2, 0.25) is 11.7 Å². The van der Waals surface area contributed by atoms with Gasteiger partial charge in [-0.15, -0.1) is 0 Å². The lowest BCUT2D eigenvalue weighted by Gasteiger charge is -2.18. The van der Waals surface area contributed by atoms with Gasteiger partial charge in [0.25, 0.3) is 0 Å². The van der Waals surface area contributed by atoms with E-state index in [0.29, 0.717) is 0 Å². The van der Waals surface area contributed by atoms with Gasteiger partial charge >= 0.3 is 6.09 Å². The van der Waals surface area contributed by atoms with Crippen molar-refractivity contribution in [3.63, 3.8) is 0 Å². The summed E-state index contributed by atoms with van der Waals surface area (Å²) < 4.78 is 4.76. The van der Waals surface area contributed by atoms with Gasteiger partial charge in [-0.2, -0.15) is 5.26 Å². The number of Topliss-reactive ketones (excluding diaryl/α,β-unsaturated/α-hetero) is 1. The second-order valence-electron chi connectivity index (χ2n) is 3.76. The van der Waals surface area contributed by atoms with Crippen LogP contribution in [0.25, 0.3) is 0 Å². The molecule has 0 spiro atoms. The van der Waals surface area contributed by atoms with Crippen LogP contribution in [0.1, 0.15) is 27.2 Å². The molecule has 0 aliphatic heterocycles. The Morgan fingerprint density at radius 1 is 1.33 bits per heavy atom. The van der Waals surface area contributed by atoms with Crippen molar-refractivity contribution in [3.05, 3.63) is 0 Å². The molecule has 2 amide bonds. The molecule has 0 aliphatic rings. The second-order valence-corrected chi connectivity index (χ2v) is 3.76. The number of imide groups is 1. The van der Waals surface area contributed by atoms with Gasteiger partial charge in [0.15, 0.2) is 0 Å². The average molecular weight is 212 g/mol. The van der Waals surface area contributed by atoms with E-state index in [1.165, 1.54) is 6.07 Å². The highest BCUT2D eigenvalue weighted by Crippen LogP contribution is 2.06. The molecule has 0 bridgehead atoms. The van der Waals surface area contributed by atoms with Crippen LogP contribution in [0.5, 0.6) is 0 Å². The molecule has 6 nitrogen and oxygen atoms in total. The lowest BCUT2D eigenvalue weighted by atomic mass is 10.2. The van der Waals surface area contributed by atoms with Crippen molar-refractivity contribution in [1.82, 2.24) is 5.32 Å². The maximum absolute atomic E-state index is 11.0. The van der Waals surface area contributed by atoms with Crippen molar-refractivity contribution >= 4 is 17.8 Å². The Labute approximate surface area is 87.2 Å². The van der Waals surface area contributed by atoms with E-state index in [4.69, 9.17) is 10.00 Å². The predicted molar refractivity (Wildman–Crippen MR) is 49.6 cm³/mol. The lowest BCUT2D eigenvalue weighted by molar-refractivity contribution is -0.125. The number of ketones is 1. The Hall–Kier alpha value is -1.90. The van der Waals surface area contributed by atoms with E-state index in [9.17, 15) is 14.4 Å². The Morgan fingerprint density at radius 2 is 1.87 bits per heavy atom. The number of alkyl carbamates (subject to hydrolysis) is 1. The van der Waals surface area contributed by atoms with Gasteiger partial charge in [0.05, 0.1) is 0 Å². The third kappa shape index (κ3) is 7.19. The maximum Gasteiger partial charge on any atom is 0.414 e. The van der Waals surface area contributed by atoms with Crippen LogP contribution < -0.4 is 5.32 Å². The summed E-state index contributed by atoms with van der Waals surface area (Å²) >= 11 is 0. The fraction of sp³-hybridized carbons (Fsp3) is 0.556. The highest BCUT2D eigenvalue weighted by atomic mass is 16.6. The molecule has 0 rings (SSSR count). The van der Waals surface area contributed by atoms with Crippen LogP contribution in [-0.2, 0) is 14.3 Å². The molecule has 0 aromatic rings. The van der Waals surface area contributed by atoms with Crippen LogP contribution >= 0.6 is 0 Å². The molecule has 0 aromatic carbocycles. The highest BCUT2D eigenvalue weighted by molar-refractivity contribution is 6.08. The van der Waals surface area contributed by atoms with E-state index < -0.39 is 29.8 Å². The average Bonchev–Trinajstić information content (AvgIpc) is 1.99. The quantitative estimate of drug-likeness (QED) is 0.531. The molecule has 0 aliphatic carbocycles. The minimum Gasteiger partial charge on any atom is -0.444 e. The van der Waals surface area contributed by atoms with Crippen molar-refractivity contribution in [1.29, 1.82) is 5.26 Å². The summed E-state index contributed by atoms with van der Waals surface area (Å²) in [5.41, 5.74) is -0.719. The van der Waals surface area contributed by atoms with Crippen molar-refractivity contribution in [2.75, 3.05) is 0 Å². The monoisotopic (exact) mass is 212 g/mol. The number of ether oxygens (including phenoxy) is 1. The molecule has 0 radical (unpaired) electrons. The summed E-state index contributed by atoms with van der Waals surface area (Å²) in [7, 11) is 0. The van der Waals surface area contributed by atoms with Crippen LogP contribution in [0, 0.1) is 11.3 Å². The first kappa shape index (κ1) is 13.1. The summed E-state index contributed by atoms with van der Waals surface area (Å²) in [4.78, 5) is 32.4. The molecule has 0 saturated carbocycles. The SMILES string of the molecule is CC(C)(C)OC(=O)NC(=O)CC(=O)C#N. The van der Waals surface area contributed by atoms with E-state index in [2.05, 4.69) is 0 Å². The maximum atomic E-state index is 11.0. The van der Waals surface area contributed by atoms with Gasteiger partial charge < -0.3 is 4.74 Å². The Balaban J connectivity index is 4.05. The number of carbonyl (C=O) groups is 3. The van der Waals surface area contributed by atoms with Gasteiger partial charge in [0.1, 0.15) is 18.1 Å². The molecule has 0 unspecified atom stereocenters. The third-order valence-corrected chi connectivity index (χ3v) is 1.09. The molecule has 15 heavy (non-hydrogen) atoms. The van der Waals surface area contributed by atoms with Crippen molar-refractivity contribution in [2.45, 2.75) is 32.8 Å². The minimum atomic E-state index is -0.932.